The maximum atomic E-state index is 15.0. The van der Waals surface area contributed by atoms with Gasteiger partial charge >= 0.3 is 6.03 Å². The first-order chi connectivity index (χ1) is 25.7. The molecule has 2 aliphatic heterocycles. The van der Waals surface area contributed by atoms with E-state index in [-0.39, 0.29) is 52.0 Å². The topological polar surface area (TPSA) is 174 Å². The van der Waals surface area contributed by atoms with E-state index in [0.29, 0.717) is 32.5 Å². The largest absolute Gasteiger partial charge is 0.363 e. The molecule has 13 heteroatoms. The second kappa shape index (κ2) is 15.3. The Hall–Kier alpha value is -3.22. The molecule has 6 rings (SSSR count). The quantitative estimate of drug-likeness (QED) is 0.232. The summed E-state index contributed by atoms with van der Waals surface area (Å²) in [6.07, 6.45) is 11.7. The van der Waals surface area contributed by atoms with E-state index in [0.717, 1.165) is 70.6 Å². The average Bonchev–Trinajstić information content (AvgIpc) is 3.30. The molecule has 6 aliphatic rings. The number of carbonyl (C=O) groups is 6. The minimum atomic E-state index is -1.08. The number of likely N-dealkylation sites (N-methyl/N-ethyl adjacent to an activating group) is 1. The Balaban J connectivity index is 1.24. The molecule has 0 aromatic heterocycles. The zero-order chi connectivity index (χ0) is 40.2. The molecule has 308 valence electrons. The number of amides is 6. The van der Waals surface area contributed by atoms with Crippen molar-refractivity contribution < 1.29 is 28.8 Å². The molecule has 2 saturated heterocycles. The molecule has 0 aromatic rings. The van der Waals surface area contributed by atoms with Gasteiger partial charge in [-0.3, -0.25) is 28.9 Å². The van der Waals surface area contributed by atoms with Gasteiger partial charge in [-0.2, -0.15) is 0 Å². The zero-order valence-electron chi connectivity index (χ0n) is 34.8. The van der Waals surface area contributed by atoms with E-state index in [1.165, 1.54) is 0 Å². The molecule has 4 aliphatic carbocycles. The highest BCUT2D eigenvalue weighted by Crippen LogP contribution is 2.88. The summed E-state index contributed by atoms with van der Waals surface area (Å²) < 4.78 is 0. The van der Waals surface area contributed by atoms with E-state index in [1.807, 2.05) is 25.7 Å². The molecule has 0 aromatic carbocycles. The Labute approximate surface area is 328 Å². The van der Waals surface area contributed by atoms with Crippen LogP contribution in [0.1, 0.15) is 132 Å². The number of nitrogens with two attached hydrogens (primary N) is 1. The fraction of sp³-hybridized carbons (Fsp3) is 0.857. The van der Waals surface area contributed by atoms with Crippen LogP contribution in [0.25, 0.3) is 0 Å². The number of rotatable bonds is 11. The number of urea groups is 1. The van der Waals surface area contributed by atoms with Gasteiger partial charge in [0.2, 0.25) is 23.5 Å². The van der Waals surface area contributed by atoms with Crippen LogP contribution in [0.4, 0.5) is 4.79 Å². The number of carbonyl (C=O) groups excluding carboxylic acids is 6. The molecule has 55 heavy (non-hydrogen) atoms. The lowest BCUT2D eigenvalue weighted by molar-refractivity contribution is -0.143. The third-order valence-corrected chi connectivity index (χ3v) is 15.8. The van der Waals surface area contributed by atoms with Crippen LogP contribution in [-0.2, 0) is 24.0 Å². The lowest BCUT2D eigenvalue weighted by Gasteiger charge is -2.44. The Morgan fingerprint density at radius 2 is 1.42 bits per heavy atom. The summed E-state index contributed by atoms with van der Waals surface area (Å²) in [5.41, 5.74) is 4.33. The predicted octanol–water partition coefficient (Wildman–Crippen LogP) is 3.73. The molecule has 2 spiro atoms. The fourth-order valence-electron chi connectivity index (χ4n) is 11.6. The molecule has 1 unspecified atom stereocenters. The minimum absolute atomic E-state index is 0.000618. The Bertz CT molecular complexity index is 1520. The Kier molecular flexibility index (Phi) is 11.5. The first-order valence-electron chi connectivity index (χ1n) is 21.3. The lowest BCUT2D eigenvalue weighted by atomic mass is 9.73. The van der Waals surface area contributed by atoms with Crippen molar-refractivity contribution in [1.29, 1.82) is 0 Å². The van der Waals surface area contributed by atoms with Crippen LogP contribution < -0.4 is 21.7 Å². The second-order valence-corrected chi connectivity index (χ2v) is 20.1. The van der Waals surface area contributed by atoms with Crippen molar-refractivity contribution in [1.82, 2.24) is 30.7 Å². The number of fused-ring (bicyclic) bond motifs is 1. The van der Waals surface area contributed by atoms with Gasteiger partial charge in [0.05, 0.1) is 6.04 Å². The SMILES string of the molecule is C[C@H]1CN(C(=O)[C@@H](NC(=O)N[C@H](C(=O)N2C[C@]3(C[C@H]2C(=O)NC(CC2CCC2)C(=O)C(N)=O)C(C)(C)C32CCC2)C(C)(C)C)C2CCCCC2)C[C@H](C)N1C. The maximum absolute atomic E-state index is 15.0. The van der Waals surface area contributed by atoms with Gasteiger partial charge in [0.25, 0.3) is 5.91 Å². The maximum Gasteiger partial charge on any atom is 0.316 e. The van der Waals surface area contributed by atoms with Crippen LogP contribution in [0.2, 0.25) is 0 Å². The highest BCUT2D eigenvalue weighted by atomic mass is 16.2. The molecule has 0 radical (unpaired) electrons. The smallest absolute Gasteiger partial charge is 0.316 e. The predicted molar refractivity (Wildman–Crippen MR) is 209 cm³/mol. The number of piperazine rings is 1. The Morgan fingerprint density at radius 1 is 0.800 bits per heavy atom. The van der Waals surface area contributed by atoms with Crippen LogP contribution in [0.3, 0.4) is 0 Å². The Morgan fingerprint density at radius 3 is 1.91 bits per heavy atom. The molecule has 0 bridgehead atoms. The van der Waals surface area contributed by atoms with Gasteiger partial charge in [0, 0.05) is 37.1 Å². The number of hydrogen-bond acceptors (Lipinski definition) is 7. The number of hydrogen-bond donors (Lipinski definition) is 4. The molecular formula is C42H69N7O6. The summed E-state index contributed by atoms with van der Waals surface area (Å²) in [6, 6.07) is -3.86. The summed E-state index contributed by atoms with van der Waals surface area (Å²) in [6.45, 7) is 15.9. The van der Waals surface area contributed by atoms with Gasteiger partial charge in [0.1, 0.15) is 18.1 Å². The van der Waals surface area contributed by atoms with Gasteiger partial charge in [0.15, 0.2) is 0 Å². The molecule has 4 saturated carbocycles. The van der Waals surface area contributed by atoms with Gasteiger partial charge in [-0.25, -0.2) is 4.79 Å². The van der Waals surface area contributed by atoms with E-state index < -0.39 is 53.2 Å². The summed E-state index contributed by atoms with van der Waals surface area (Å²) in [4.78, 5) is 88.7. The molecule has 5 N–H and O–H groups in total. The lowest BCUT2D eigenvalue weighted by Crippen LogP contribution is -2.64. The van der Waals surface area contributed by atoms with Crippen LogP contribution >= 0.6 is 0 Å². The molecule has 6 fully saturated rings. The first-order valence-corrected chi connectivity index (χ1v) is 21.3. The summed E-state index contributed by atoms with van der Waals surface area (Å²) in [5, 5.41) is 8.97. The van der Waals surface area contributed by atoms with Crippen LogP contribution in [-0.4, -0.2) is 113 Å². The van der Waals surface area contributed by atoms with E-state index in [9.17, 15) is 24.0 Å². The summed E-state index contributed by atoms with van der Waals surface area (Å²) >= 11 is 0. The van der Waals surface area contributed by atoms with Crippen molar-refractivity contribution in [2.24, 2.45) is 39.2 Å². The number of primary amides is 1. The van der Waals surface area contributed by atoms with E-state index in [1.54, 1.807) is 4.90 Å². The van der Waals surface area contributed by atoms with Crippen LogP contribution in [0, 0.1) is 33.5 Å². The third kappa shape index (κ3) is 7.40. The highest BCUT2D eigenvalue weighted by molar-refractivity contribution is 6.37. The van der Waals surface area contributed by atoms with Crippen molar-refractivity contribution in [3.8, 4) is 0 Å². The standard InChI is InChI=1S/C42H69N7O6/c1-25-22-48(23-26(2)47(25)8)36(53)31(28-16-10-9-11-17-28)45-38(55)46-33(39(3,4)5)37(54)49-24-42(40(6,7)41(42)18-13-19-41)21-30(49)35(52)44-29(32(50)34(43)51)20-27-14-12-15-27/h25-31,33H,9-24H2,1-8H3,(H2,43,51)(H,44,52)(H2,45,46,55)/t25-,26-,29?,30-,31-,33+,42+/m0/s1. The molecule has 2 heterocycles. The van der Waals surface area contributed by atoms with E-state index >= 15 is 4.79 Å². The van der Waals surface area contributed by atoms with Crippen molar-refractivity contribution >= 4 is 35.4 Å². The number of likely N-dealkylation sites (tertiary alicyclic amines) is 1. The second-order valence-electron chi connectivity index (χ2n) is 20.1. The van der Waals surface area contributed by atoms with Crippen LogP contribution in [0.15, 0.2) is 0 Å². The van der Waals surface area contributed by atoms with Gasteiger partial charge < -0.3 is 31.5 Å². The zero-order valence-corrected chi connectivity index (χ0v) is 34.8. The third-order valence-electron chi connectivity index (χ3n) is 15.8. The van der Waals surface area contributed by atoms with E-state index in [4.69, 9.17) is 5.73 Å². The van der Waals surface area contributed by atoms with Gasteiger partial charge in [-0.05, 0) is 87.5 Å². The van der Waals surface area contributed by atoms with Crippen LogP contribution in [0.5, 0.6) is 0 Å². The van der Waals surface area contributed by atoms with E-state index in [2.05, 4.69) is 55.6 Å². The van der Waals surface area contributed by atoms with Crippen molar-refractivity contribution in [3.05, 3.63) is 0 Å². The highest BCUT2D eigenvalue weighted by Gasteiger charge is 2.85. The van der Waals surface area contributed by atoms with Crippen molar-refractivity contribution in [3.63, 3.8) is 0 Å². The number of nitrogens with one attached hydrogen (secondary N) is 3. The number of ketones is 1. The summed E-state index contributed by atoms with van der Waals surface area (Å²) in [5.74, 6) is -2.58. The normalized spacial score (nSPS) is 30.8. The molecular weight excluding hydrogens is 699 g/mol. The van der Waals surface area contributed by atoms with Gasteiger partial charge in [-0.1, -0.05) is 79.6 Å². The summed E-state index contributed by atoms with van der Waals surface area (Å²) in [7, 11) is 2.08. The number of nitrogens with zero attached hydrogens (tertiary/aromatic N) is 3. The monoisotopic (exact) mass is 768 g/mol. The van der Waals surface area contributed by atoms with Crippen molar-refractivity contribution in [2.45, 2.75) is 168 Å². The minimum Gasteiger partial charge on any atom is -0.363 e. The first kappa shape index (κ1) is 41.4. The number of Topliss-reactive ketones (excluding diaryl/α,β-unsaturated/α-hetero) is 1. The van der Waals surface area contributed by atoms with Crippen molar-refractivity contribution in [2.75, 3.05) is 26.7 Å². The molecule has 7 atom stereocenters. The average molecular weight is 768 g/mol. The fourth-order valence-corrected chi connectivity index (χ4v) is 11.6. The molecule has 6 amide bonds. The molecule has 13 nitrogen and oxygen atoms in total. The van der Waals surface area contributed by atoms with Gasteiger partial charge in [-0.15, -0.1) is 0 Å².